The number of rotatable bonds is 8. The molecule has 0 saturated carbocycles. The van der Waals surface area contributed by atoms with E-state index in [0.717, 1.165) is 19.4 Å². The zero-order valence-electron chi connectivity index (χ0n) is 12.0. The minimum absolute atomic E-state index is 0.0499. The van der Waals surface area contributed by atoms with E-state index in [1.165, 1.54) is 19.3 Å². The van der Waals surface area contributed by atoms with Gasteiger partial charge in [-0.15, -0.1) is 0 Å². The van der Waals surface area contributed by atoms with Crippen molar-refractivity contribution in [1.29, 1.82) is 0 Å². The average molecular weight is 276 g/mol. The highest BCUT2D eigenvalue weighted by Gasteiger charge is 2.30. The standard InChI is InChI=1S/C13H28N2O2S/c1-4-5-6-8-13(2,3)11-15-18(16,17)12-7-9-14-10-12/h12,14-15H,4-11H2,1-3H3. The molecule has 1 unspecified atom stereocenters. The minimum Gasteiger partial charge on any atom is -0.315 e. The van der Waals surface area contributed by atoms with Gasteiger partial charge in [-0.2, -0.15) is 0 Å². The molecule has 0 spiro atoms. The molecule has 1 rings (SSSR count). The van der Waals surface area contributed by atoms with Crippen molar-refractivity contribution in [3.05, 3.63) is 0 Å². The molecule has 1 saturated heterocycles. The summed E-state index contributed by atoms with van der Waals surface area (Å²) in [6.45, 7) is 8.41. The second-order valence-corrected chi connectivity index (χ2v) is 8.15. The van der Waals surface area contributed by atoms with Crippen LogP contribution in [0.2, 0.25) is 0 Å². The molecular formula is C13H28N2O2S. The SMILES string of the molecule is CCCCCC(C)(C)CNS(=O)(=O)C1CCNC1. The lowest BCUT2D eigenvalue weighted by atomic mass is 9.87. The zero-order valence-corrected chi connectivity index (χ0v) is 12.8. The lowest BCUT2D eigenvalue weighted by Crippen LogP contribution is -2.40. The smallest absolute Gasteiger partial charge is 0.215 e. The molecule has 0 aliphatic carbocycles. The van der Waals surface area contributed by atoms with E-state index in [9.17, 15) is 8.42 Å². The number of hydrogen-bond donors (Lipinski definition) is 2. The fraction of sp³-hybridized carbons (Fsp3) is 1.00. The quantitative estimate of drug-likeness (QED) is 0.665. The molecule has 0 aromatic rings. The monoisotopic (exact) mass is 276 g/mol. The predicted molar refractivity (Wildman–Crippen MR) is 76.1 cm³/mol. The molecule has 1 aliphatic heterocycles. The van der Waals surface area contributed by atoms with E-state index < -0.39 is 10.0 Å². The van der Waals surface area contributed by atoms with Gasteiger partial charge in [0.2, 0.25) is 10.0 Å². The van der Waals surface area contributed by atoms with Gasteiger partial charge < -0.3 is 5.32 Å². The summed E-state index contributed by atoms with van der Waals surface area (Å²) in [5.41, 5.74) is 0.0499. The number of nitrogens with one attached hydrogen (secondary N) is 2. The van der Waals surface area contributed by atoms with E-state index in [4.69, 9.17) is 0 Å². The molecule has 0 radical (unpaired) electrons. The summed E-state index contributed by atoms with van der Waals surface area (Å²) in [6, 6.07) is 0. The van der Waals surface area contributed by atoms with E-state index in [0.29, 0.717) is 13.1 Å². The van der Waals surface area contributed by atoms with Crippen LogP contribution in [0.15, 0.2) is 0 Å². The summed E-state index contributed by atoms with van der Waals surface area (Å²) in [5.74, 6) is 0. The third kappa shape index (κ3) is 5.24. The highest BCUT2D eigenvalue weighted by molar-refractivity contribution is 7.90. The molecule has 0 bridgehead atoms. The molecule has 0 aromatic carbocycles. The average Bonchev–Trinajstić information content (AvgIpc) is 2.81. The summed E-state index contributed by atoms with van der Waals surface area (Å²) in [6.07, 6.45) is 5.41. The first-order valence-electron chi connectivity index (χ1n) is 7.06. The van der Waals surface area contributed by atoms with E-state index in [-0.39, 0.29) is 10.7 Å². The maximum absolute atomic E-state index is 12.1. The van der Waals surface area contributed by atoms with Gasteiger partial charge in [0.15, 0.2) is 0 Å². The molecule has 0 aromatic heterocycles. The fourth-order valence-electron chi connectivity index (χ4n) is 2.25. The van der Waals surface area contributed by atoms with E-state index >= 15 is 0 Å². The molecule has 0 amide bonds. The molecule has 4 nitrogen and oxygen atoms in total. The zero-order chi connectivity index (χ0) is 13.6. The normalized spacial score (nSPS) is 21.4. The molecule has 18 heavy (non-hydrogen) atoms. The van der Waals surface area contributed by atoms with Crippen LogP contribution >= 0.6 is 0 Å². The molecule has 5 heteroatoms. The Labute approximate surface area is 112 Å². The van der Waals surface area contributed by atoms with Crippen molar-refractivity contribution in [3.63, 3.8) is 0 Å². The van der Waals surface area contributed by atoms with Gasteiger partial charge in [-0.1, -0.05) is 40.0 Å². The van der Waals surface area contributed by atoms with Crippen LogP contribution in [0.5, 0.6) is 0 Å². The summed E-state index contributed by atoms with van der Waals surface area (Å²) in [5, 5.41) is 2.85. The molecule has 1 heterocycles. The summed E-state index contributed by atoms with van der Waals surface area (Å²) >= 11 is 0. The summed E-state index contributed by atoms with van der Waals surface area (Å²) in [4.78, 5) is 0. The van der Waals surface area contributed by atoms with Crippen LogP contribution < -0.4 is 10.0 Å². The van der Waals surface area contributed by atoms with Crippen LogP contribution in [0.25, 0.3) is 0 Å². The van der Waals surface area contributed by atoms with Crippen molar-refractivity contribution in [1.82, 2.24) is 10.0 Å². The third-order valence-electron chi connectivity index (χ3n) is 3.66. The van der Waals surface area contributed by atoms with Crippen LogP contribution in [-0.4, -0.2) is 33.3 Å². The maximum atomic E-state index is 12.1. The molecule has 1 atom stereocenters. The Balaban J connectivity index is 2.38. The lowest BCUT2D eigenvalue weighted by molar-refractivity contribution is 0.320. The Hall–Kier alpha value is -0.130. The molecule has 108 valence electrons. The van der Waals surface area contributed by atoms with Crippen molar-refractivity contribution < 1.29 is 8.42 Å². The molecule has 1 fully saturated rings. The van der Waals surface area contributed by atoms with Gasteiger partial charge in [0.05, 0.1) is 5.25 Å². The third-order valence-corrected chi connectivity index (χ3v) is 5.49. The number of hydrogen-bond acceptors (Lipinski definition) is 3. The Morgan fingerprint density at radius 1 is 1.33 bits per heavy atom. The Bertz CT molecular complexity index is 333. The van der Waals surface area contributed by atoms with Crippen molar-refractivity contribution >= 4 is 10.0 Å². The number of sulfonamides is 1. The van der Waals surface area contributed by atoms with E-state index in [1.807, 2.05) is 0 Å². The van der Waals surface area contributed by atoms with Gasteiger partial charge in [0.25, 0.3) is 0 Å². The first kappa shape index (κ1) is 15.9. The van der Waals surface area contributed by atoms with Gasteiger partial charge in [0, 0.05) is 13.1 Å². The van der Waals surface area contributed by atoms with Gasteiger partial charge in [0.1, 0.15) is 0 Å². The van der Waals surface area contributed by atoms with E-state index in [2.05, 4.69) is 30.8 Å². The van der Waals surface area contributed by atoms with Crippen LogP contribution in [-0.2, 0) is 10.0 Å². The summed E-state index contributed by atoms with van der Waals surface area (Å²) in [7, 11) is -3.14. The molecular weight excluding hydrogens is 248 g/mol. The predicted octanol–water partition coefficient (Wildman–Crippen LogP) is 1.87. The van der Waals surface area contributed by atoms with Crippen LogP contribution in [0, 0.1) is 5.41 Å². The topological polar surface area (TPSA) is 58.2 Å². The van der Waals surface area contributed by atoms with Crippen molar-refractivity contribution in [3.8, 4) is 0 Å². The lowest BCUT2D eigenvalue weighted by Gasteiger charge is -2.25. The Kier molecular flexibility index (Phi) is 6.08. The van der Waals surface area contributed by atoms with Crippen LogP contribution in [0.3, 0.4) is 0 Å². The second kappa shape index (κ2) is 6.87. The van der Waals surface area contributed by atoms with Crippen molar-refractivity contribution in [2.24, 2.45) is 5.41 Å². The van der Waals surface area contributed by atoms with Gasteiger partial charge in [-0.05, 0) is 24.8 Å². The Morgan fingerprint density at radius 3 is 2.61 bits per heavy atom. The van der Waals surface area contributed by atoms with Crippen LogP contribution in [0.4, 0.5) is 0 Å². The second-order valence-electron chi connectivity index (χ2n) is 6.10. The molecule has 1 aliphatic rings. The highest BCUT2D eigenvalue weighted by Crippen LogP contribution is 2.23. The summed E-state index contributed by atoms with van der Waals surface area (Å²) < 4.78 is 26.9. The maximum Gasteiger partial charge on any atom is 0.215 e. The first-order chi connectivity index (χ1) is 8.37. The van der Waals surface area contributed by atoms with Crippen molar-refractivity contribution in [2.45, 2.75) is 58.1 Å². The van der Waals surface area contributed by atoms with E-state index in [1.54, 1.807) is 0 Å². The minimum atomic E-state index is -3.14. The van der Waals surface area contributed by atoms with Gasteiger partial charge in [-0.25, -0.2) is 13.1 Å². The van der Waals surface area contributed by atoms with Crippen LogP contribution in [0.1, 0.15) is 52.9 Å². The highest BCUT2D eigenvalue weighted by atomic mass is 32.2. The molecule has 2 N–H and O–H groups in total. The fourth-order valence-corrected chi connectivity index (χ4v) is 3.84. The largest absolute Gasteiger partial charge is 0.315 e. The van der Waals surface area contributed by atoms with Crippen molar-refractivity contribution in [2.75, 3.05) is 19.6 Å². The van der Waals surface area contributed by atoms with Gasteiger partial charge >= 0.3 is 0 Å². The Morgan fingerprint density at radius 2 is 2.06 bits per heavy atom. The number of unbranched alkanes of at least 4 members (excludes halogenated alkanes) is 2. The first-order valence-corrected chi connectivity index (χ1v) is 8.61. The van der Waals surface area contributed by atoms with Gasteiger partial charge in [-0.3, -0.25) is 0 Å².